The summed E-state index contributed by atoms with van der Waals surface area (Å²) in [6.07, 6.45) is 3.46. The van der Waals surface area contributed by atoms with Crippen LogP contribution in [0.4, 0.5) is 0 Å². The number of benzene rings is 1. The molecule has 0 amide bonds. The number of hydrogen-bond acceptors (Lipinski definition) is 4. The molecule has 1 atom stereocenters. The third kappa shape index (κ3) is 3.86. The molecule has 3 aliphatic rings. The van der Waals surface area contributed by atoms with Crippen molar-refractivity contribution in [1.82, 2.24) is 9.80 Å². The molecule has 4 rings (SSSR count). The van der Waals surface area contributed by atoms with E-state index < -0.39 is 0 Å². The Kier molecular flexibility index (Phi) is 5.03. The number of ether oxygens (including phenoxy) is 2. The van der Waals surface area contributed by atoms with Crippen LogP contribution in [0.25, 0.3) is 0 Å². The lowest BCUT2D eigenvalue weighted by Gasteiger charge is -2.43. The SMILES string of the molecule is CCN1CCC2(CC1)CN(C[C@@H]1CCOC1)Cc1cc(C)ccc1O2. The predicted octanol–water partition coefficient (Wildman–Crippen LogP) is 3.08. The molecule has 1 aromatic rings. The summed E-state index contributed by atoms with van der Waals surface area (Å²) < 4.78 is 12.3. The second-order valence-electron chi connectivity index (χ2n) is 8.23. The van der Waals surface area contributed by atoms with Crippen LogP contribution < -0.4 is 4.74 Å². The first-order valence-electron chi connectivity index (χ1n) is 9.97. The summed E-state index contributed by atoms with van der Waals surface area (Å²) in [4.78, 5) is 5.19. The molecule has 0 bridgehead atoms. The van der Waals surface area contributed by atoms with Crippen molar-refractivity contribution in [2.45, 2.75) is 45.3 Å². The minimum Gasteiger partial charge on any atom is -0.486 e. The number of rotatable bonds is 3. The lowest BCUT2D eigenvalue weighted by Crippen LogP contribution is -2.53. The molecule has 0 aliphatic carbocycles. The molecule has 138 valence electrons. The second kappa shape index (κ2) is 7.26. The van der Waals surface area contributed by atoms with E-state index in [-0.39, 0.29) is 5.60 Å². The molecule has 0 radical (unpaired) electrons. The van der Waals surface area contributed by atoms with Crippen molar-refractivity contribution in [3.63, 3.8) is 0 Å². The van der Waals surface area contributed by atoms with Crippen molar-refractivity contribution in [1.29, 1.82) is 0 Å². The van der Waals surface area contributed by atoms with Crippen LogP contribution in [0.15, 0.2) is 18.2 Å². The van der Waals surface area contributed by atoms with Crippen LogP contribution in [-0.2, 0) is 11.3 Å². The molecule has 0 aromatic heterocycles. The van der Waals surface area contributed by atoms with E-state index in [1.165, 1.54) is 17.5 Å². The number of likely N-dealkylation sites (tertiary alicyclic amines) is 1. The fourth-order valence-electron chi connectivity index (χ4n) is 4.66. The highest BCUT2D eigenvalue weighted by atomic mass is 16.5. The van der Waals surface area contributed by atoms with Crippen LogP contribution in [0.1, 0.15) is 37.3 Å². The number of fused-ring (bicyclic) bond motifs is 1. The van der Waals surface area contributed by atoms with Gasteiger partial charge in [-0.3, -0.25) is 4.90 Å². The Morgan fingerprint density at radius 2 is 2.04 bits per heavy atom. The highest BCUT2D eigenvalue weighted by Gasteiger charge is 2.41. The largest absolute Gasteiger partial charge is 0.486 e. The smallest absolute Gasteiger partial charge is 0.124 e. The first-order valence-corrected chi connectivity index (χ1v) is 9.97. The number of piperidine rings is 1. The lowest BCUT2D eigenvalue weighted by molar-refractivity contribution is -0.0198. The lowest BCUT2D eigenvalue weighted by atomic mass is 9.90. The molecule has 3 heterocycles. The molecule has 1 aromatic carbocycles. The Balaban J connectivity index is 1.58. The normalized spacial score (nSPS) is 27.0. The molecule has 3 aliphatic heterocycles. The number of aryl methyl sites for hydroxylation is 1. The fraction of sp³-hybridized carbons (Fsp3) is 0.714. The monoisotopic (exact) mass is 344 g/mol. The first-order chi connectivity index (χ1) is 12.2. The van der Waals surface area contributed by atoms with Gasteiger partial charge in [0.05, 0.1) is 6.61 Å². The second-order valence-corrected chi connectivity index (χ2v) is 8.23. The van der Waals surface area contributed by atoms with Gasteiger partial charge in [0.2, 0.25) is 0 Å². The molecule has 4 nitrogen and oxygen atoms in total. The topological polar surface area (TPSA) is 24.9 Å². The maximum absolute atomic E-state index is 6.73. The van der Waals surface area contributed by atoms with Gasteiger partial charge in [0.25, 0.3) is 0 Å². The van der Waals surface area contributed by atoms with E-state index >= 15 is 0 Å². The van der Waals surface area contributed by atoms with Crippen LogP contribution in [0.5, 0.6) is 5.75 Å². The molecule has 25 heavy (non-hydrogen) atoms. The van der Waals surface area contributed by atoms with Gasteiger partial charge in [-0.15, -0.1) is 0 Å². The summed E-state index contributed by atoms with van der Waals surface area (Å²) in [5.41, 5.74) is 2.66. The summed E-state index contributed by atoms with van der Waals surface area (Å²) >= 11 is 0. The zero-order valence-corrected chi connectivity index (χ0v) is 15.8. The molecular formula is C21H32N2O2. The van der Waals surface area contributed by atoms with E-state index in [0.717, 1.165) is 71.1 Å². The Morgan fingerprint density at radius 1 is 1.20 bits per heavy atom. The van der Waals surface area contributed by atoms with Crippen LogP contribution >= 0.6 is 0 Å². The van der Waals surface area contributed by atoms with E-state index in [4.69, 9.17) is 9.47 Å². The van der Waals surface area contributed by atoms with Crippen molar-refractivity contribution >= 4 is 0 Å². The van der Waals surface area contributed by atoms with Crippen LogP contribution in [0.3, 0.4) is 0 Å². The molecule has 0 saturated carbocycles. The molecule has 2 fully saturated rings. The molecular weight excluding hydrogens is 312 g/mol. The Bertz CT molecular complexity index is 590. The molecule has 0 N–H and O–H groups in total. The molecule has 2 saturated heterocycles. The fourth-order valence-corrected chi connectivity index (χ4v) is 4.66. The van der Waals surface area contributed by atoms with Crippen LogP contribution in [-0.4, -0.2) is 61.3 Å². The Hall–Kier alpha value is -1.10. The van der Waals surface area contributed by atoms with Crippen molar-refractivity contribution < 1.29 is 9.47 Å². The highest BCUT2D eigenvalue weighted by molar-refractivity contribution is 5.38. The van der Waals surface area contributed by atoms with E-state index in [0.29, 0.717) is 5.92 Å². The molecule has 0 unspecified atom stereocenters. The highest BCUT2D eigenvalue weighted by Crippen LogP contribution is 2.36. The minimum absolute atomic E-state index is 0.0222. The van der Waals surface area contributed by atoms with Gasteiger partial charge in [0, 0.05) is 57.7 Å². The number of nitrogens with zero attached hydrogens (tertiary/aromatic N) is 2. The van der Waals surface area contributed by atoms with Gasteiger partial charge in [0.1, 0.15) is 11.4 Å². The van der Waals surface area contributed by atoms with E-state index in [1.807, 2.05) is 0 Å². The van der Waals surface area contributed by atoms with Gasteiger partial charge in [-0.05, 0) is 31.9 Å². The van der Waals surface area contributed by atoms with E-state index in [2.05, 4.69) is 41.8 Å². The van der Waals surface area contributed by atoms with Crippen LogP contribution in [0.2, 0.25) is 0 Å². The van der Waals surface area contributed by atoms with Crippen molar-refractivity contribution in [3.05, 3.63) is 29.3 Å². The standard InChI is InChI=1S/C21H32N2O2/c1-3-22-9-7-21(8-10-22)16-23(13-18-6-11-24-15-18)14-19-12-17(2)4-5-20(19)25-21/h4-5,12,18H,3,6-11,13-16H2,1-2H3/t18-/m0/s1. The molecule has 4 heteroatoms. The van der Waals surface area contributed by atoms with Gasteiger partial charge in [-0.2, -0.15) is 0 Å². The number of hydrogen-bond donors (Lipinski definition) is 0. The Morgan fingerprint density at radius 3 is 2.76 bits per heavy atom. The van der Waals surface area contributed by atoms with Crippen molar-refractivity contribution in [2.75, 3.05) is 45.9 Å². The van der Waals surface area contributed by atoms with E-state index in [1.54, 1.807) is 0 Å². The minimum atomic E-state index is -0.0222. The summed E-state index contributed by atoms with van der Waals surface area (Å²) in [7, 11) is 0. The van der Waals surface area contributed by atoms with Crippen LogP contribution in [0, 0.1) is 12.8 Å². The Labute approximate surface area is 152 Å². The average molecular weight is 344 g/mol. The summed E-state index contributed by atoms with van der Waals surface area (Å²) in [6.45, 7) is 12.9. The third-order valence-corrected chi connectivity index (χ3v) is 6.20. The maximum Gasteiger partial charge on any atom is 0.124 e. The average Bonchev–Trinajstić information content (AvgIpc) is 3.06. The zero-order valence-electron chi connectivity index (χ0n) is 15.8. The summed E-state index contributed by atoms with van der Waals surface area (Å²) in [6, 6.07) is 6.70. The molecule has 1 spiro atoms. The van der Waals surface area contributed by atoms with Gasteiger partial charge < -0.3 is 14.4 Å². The van der Waals surface area contributed by atoms with Gasteiger partial charge in [-0.25, -0.2) is 0 Å². The first kappa shape index (κ1) is 17.3. The maximum atomic E-state index is 6.73. The zero-order chi connectivity index (χ0) is 17.3. The van der Waals surface area contributed by atoms with Crippen molar-refractivity contribution in [2.24, 2.45) is 5.92 Å². The quantitative estimate of drug-likeness (QED) is 0.841. The summed E-state index contributed by atoms with van der Waals surface area (Å²) in [5.74, 6) is 1.79. The van der Waals surface area contributed by atoms with Crippen molar-refractivity contribution in [3.8, 4) is 5.75 Å². The summed E-state index contributed by atoms with van der Waals surface area (Å²) in [5, 5.41) is 0. The third-order valence-electron chi connectivity index (χ3n) is 6.20. The van der Waals surface area contributed by atoms with Gasteiger partial charge >= 0.3 is 0 Å². The van der Waals surface area contributed by atoms with Gasteiger partial charge in [0.15, 0.2) is 0 Å². The van der Waals surface area contributed by atoms with Gasteiger partial charge in [-0.1, -0.05) is 24.6 Å². The predicted molar refractivity (Wildman–Crippen MR) is 100 cm³/mol. The van der Waals surface area contributed by atoms with E-state index in [9.17, 15) is 0 Å².